The number of carbonyl (C=O) groups is 2. The third kappa shape index (κ3) is 2.97. The molecule has 0 atom stereocenters. The Morgan fingerprint density at radius 2 is 1.96 bits per heavy atom. The zero-order valence-electron chi connectivity index (χ0n) is 14.1. The fraction of sp³-hybridized carbons (Fsp3) is 0.176. The van der Waals surface area contributed by atoms with Crippen LogP contribution in [0.3, 0.4) is 0 Å². The molecule has 0 saturated heterocycles. The number of anilines is 2. The van der Waals surface area contributed by atoms with Crippen LogP contribution in [0.5, 0.6) is 5.75 Å². The number of ether oxygens (including phenoxy) is 1. The number of amides is 2. The molecule has 1 aliphatic rings. The van der Waals surface area contributed by atoms with Gasteiger partial charge in [0.1, 0.15) is 12.3 Å². The topological polar surface area (TPSA) is 105 Å². The van der Waals surface area contributed by atoms with Crippen LogP contribution >= 0.6 is 0 Å². The lowest BCUT2D eigenvalue weighted by atomic mass is 10.2. The van der Waals surface area contributed by atoms with Gasteiger partial charge < -0.3 is 15.4 Å². The number of methoxy groups -OCH3 is 1. The normalized spacial score (nSPS) is 13.6. The number of hydrogen-bond donors (Lipinski definition) is 2. The Kier molecular flexibility index (Phi) is 4.56. The summed E-state index contributed by atoms with van der Waals surface area (Å²) in [5, 5.41) is 5.09. The van der Waals surface area contributed by atoms with Crippen LogP contribution in [-0.2, 0) is 14.8 Å². The fourth-order valence-electron chi connectivity index (χ4n) is 2.70. The van der Waals surface area contributed by atoms with Crippen molar-refractivity contribution < 1.29 is 22.7 Å². The summed E-state index contributed by atoms with van der Waals surface area (Å²) >= 11 is 0. The molecule has 9 heteroatoms. The fourth-order valence-corrected chi connectivity index (χ4v) is 4.17. The second kappa shape index (κ2) is 6.68. The van der Waals surface area contributed by atoms with Crippen molar-refractivity contribution in [2.75, 3.05) is 30.3 Å². The molecular formula is C17H17N3O5S. The number of para-hydroxylation sites is 2. The molecule has 0 aromatic heterocycles. The van der Waals surface area contributed by atoms with E-state index >= 15 is 0 Å². The van der Waals surface area contributed by atoms with E-state index < -0.39 is 21.8 Å². The Morgan fingerprint density at radius 3 is 2.65 bits per heavy atom. The molecule has 2 amide bonds. The van der Waals surface area contributed by atoms with Crippen LogP contribution < -0.4 is 19.7 Å². The average molecular weight is 375 g/mol. The highest BCUT2D eigenvalue weighted by atomic mass is 32.2. The van der Waals surface area contributed by atoms with Gasteiger partial charge in [-0.25, -0.2) is 8.42 Å². The number of sulfonamides is 1. The van der Waals surface area contributed by atoms with Crippen LogP contribution in [0.1, 0.15) is 10.4 Å². The van der Waals surface area contributed by atoms with Crippen LogP contribution in [0, 0.1) is 0 Å². The summed E-state index contributed by atoms with van der Waals surface area (Å²) in [7, 11) is -1.23. The van der Waals surface area contributed by atoms with Gasteiger partial charge in [-0.05, 0) is 30.3 Å². The van der Waals surface area contributed by atoms with Gasteiger partial charge in [0.05, 0.1) is 28.9 Å². The van der Waals surface area contributed by atoms with Crippen LogP contribution in [0.4, 0.5) is 11.4 Å². The van der Waals surface area contributed by atoms with E-state index in [1.54, 1.807) is 24.3 Å². The summed E-state index contributed by atoms with van der Waals surface area (Å²) in [4.78, 5) is 23.9. The second-order valence-corrected chi connectivity index (χ2v) is 7.38. The minimum absolute atomic E-state index is 0.0887. The first-order valence-electron chi connectivity index (χ1n) is 7.70. The third-order valence-electron chi connectivity index (χ3n) is 3.96. The maximum Gasteiger partial charge on any atom is 0.264 e. The predicted octanol–water partition coefficient (Wildman–Crippen LogP) is 1.20. The predicted molar refractivity (Wildman–Crippen MR) is 96.0 cm³/mol. The number of benzene rings is 2. The summed E-state index contributed by atoms with van der Waals surface area (Å²) in [6.07, 6.45) is 0. The van der Waals surface area contributed by atoms with Gasteiger partial charge in [0.2, 0.25) is 5.91 Å². The van der Waals surface area contributed by atoms with Gasteiger partial charge >= 0.3 is 0 Å². The summed E-state index contributed by atoms with van der Waals surface area (Å²) in [6, 6.07) is 10.6. The van der Waals surface area contributed by atoms with Gasteiger partial charge in [-0.3, -0.25) is 13.9 Å². The Bertz CT molecular complexity index is 988. The van der Waals surface area contributed by atoms with Crippen molar-refractivity contribution >= 4 is 33.2 Å². The van der Waals surface area contributed by atoms with Crippen molar-refractivity contribution in [1.29, 1.82) is 0 Å². The molecule has 2 aromatic rings. The monoisotopic (exact) mass is 375 g/mol. The smallest absolute Gasteiger partial charge is 0.264 e. The van der Waals surface area contributed by atoms with Crippen LogP contribution in [-0.4, -0.2) is 40.9 Å². The average Bonchev–Trinajstić information content (AvgIpc) is 2.65. The van der Waals surface area contributed by atoms with Crippen LogP contribution in [0.2, 0.25) is 0 Å². The number of hydrogen-bond acceptors (Lipinski definition) is 5. The summed E-state index contributed by atoms with van der Waals surface area (Å²) in [5.41, 5.74) is 0.864. The molecule has 2 aromatic carbocycles. The standard InChI is InChI=1S/C17H17N3O5S/c1-18-17(22)12-9-11(7-8-15(12)25-2)26(23,24)20-10-16(21)19-13-5-3-4-6-14(13)20/h3-9H,10H2,1-2H3,(H,18,22)(H,19,21). The molecule has 0 spiro atoms. The number of nitrogens with zero attached hydrogens (tertiary/aromatic N) is 1. The van der Waals surface area contributed by atoms with Gasteiger partial charge in [-0.1, -0.05) is 12.1 Å². The van der Waals surface area contributed by atoms with E-state index in [-0.39, 0.29) is 22.8 Å². The summed E-state index contributed by atoms with van der Waals surface area (Å²) < 4.78 is 32.4. The van der Waals surface area contributed by atoms with Crippen LogP contribution in [0.15, 0.2) is 47.4 Å². The van der Waals surface area contributed by atoms with Gasteiger partial charge in [0.15, 0.2) is 0 Å². The molecule has 0 radical (unpaired) electrons. The first kappa shape index (κ1) is 17.7. The Balaban J connectivity index is 2.12. The van der Waals surface area contributed by atoms with E-state index in [9.17, 15) is 18.0 Å². The molecule has 0 fully saturated rings. The summed E-state index contributed by atoms with van der Waals surface area (Å²) in [5.74, 6) is -0.664. The minimum Gasteiger partial charge on any atom is -0.496 e. The number of fused-ring (bicyclic) bond motifs is 1. The van der Waals surface area contributed by atoms with E-state index in [0.717, 1.165) is 4.31 Å². The zero-order chi connectivity index (χ0) is 18.9. The zero-order valence-corrected chi connectivity index (χ0v) is 15.0. The third-order valence-corrected chi connectivity index (χ3v) is 5.72. The minimum atomic E-state index is -4.06. The highest BCUT2D eigenvalue weighted by Crippen LogP contribution is 2.34. The molecule has 0 bridgehead atoms. The van der Waals surface area contributed by atoms with E-state index in [1.807, 2.05) is 0 Å². The number of rotatable bonds is 4. The molecule has 2 N–H and O–H groups in total. The Hall–Kier alpha value is -3.07. The van der Waals surface area contributed by atoms with E-state index in [1.165, 1.54) is 32.4 Å². The van der Waals surface area contributed by atoms with E-state index in [4.69, 9.17) is 4.74 Å². The van der Waals surface area contributed by atoms with E-state index in [0.29, 0.717) is 11.4 Å². The molecule has 1 heterocycles. The van der Waals surface area contributed by atoms with Gasteiger partial charge in [0, 0.05) is 7.05 Å². The molecule has 1 aliphatic heterocycles. The van der Waals surface area contributed by atoms with Gasteiger partial charge in [-0.2, -0.15) is 0 Å². The van der Waals surface area contributed by atoms with Gasteiger partial charge in [0.25, 0.3) is 15.9 Å². The lowest BCUT2D eigenvalue weighted by Gasteiger charge is -2.30. The largest absolute Gasteiger partial charge is 0.496 e. The van der Waals surface area contributed by atoms with Gasteiger partial charge in [-0.15, -0.1) is 0 Å². The van der Waals surface area contributed by atoms with Crippen molar-refractivity contribution in [3.63, 3.8) is 0 Å². The maximum atomic E-state index is 13.1. The lowest BCUT2D eigenvalue weighted by Crippen LogP contribution is -2.42. The van der Waals surface area contributed by atoms with Crippen molar-refractivity contribution in [3.05, 3.63) is 48.0 Å². The first-order valence-corrected chi connectivity index (χ1v) is 9.14. The molecular weight excluding hydrogens is 358 g/mol. The lowest BCUT2D eigenvalue weighted by molar-refractivity contribution is -0.115. The second-order valence-electron chi connectivity index (χ2n) is 5.52. The van der Waals surface area contributed by atoms with Crippen LogP contribution in [0.25, 0.3) is 0 Å². The number of nitrogens with one attached hydrogen (secondary N) is 2. The van der Waals surface area contributed by atoms with Crippen molar-refractivity contribution in [3.8, 4) is 5.75 Å². The number of carbonyl (C=O) groups excluding carboxylic acids is 2. The molecule has 0 unspecified atom stereocenters. The first-order chi connectivity index (χ1) is 12.4. The molecule has 3 rings (SSSR count). The maximum absolute atomic E-state index is 13.1. The Labute approximate surface area is 150 Å². The molecule has 26 heavy (non-hydrogen) atoms. The molecule has 0 saturated carbocycles. The van der Waals surface area contributed by atoms with Crippen molar-refractivity contribution in [2.45, 2.75) is 4.90 Å². The highest BCUT2D eigenvalue weighted by molar-refractivity contribution is 7.92. The SMILES string of the molecule is CNC(=O)c1cc(S(=O)(=O)N2CC(=O)Nc3ccccc32)ccc1OC. The molecule has 8 nitrogen and oxygen atoms in total. The van der Waals surface area contributed by atoms with E-state index in [2.05, 4.69) is 10.6 Å². The Morgan fingerprint density at radius 1 is 1.23 bits per heavy atom. The highest BCUT2D eigenvalue weighted by Gasteiger charge is 2.33. The van der Waals surface area contributed by atoms with Crippen molar-refractivity contribution in [1.82, 2.24) is 5.32 Å². The quantitative estimate of drug-likeness (QED) is 0.836. The molecule has 136 valence electrons. The van der Waals surface area contributed by atoms with Crippen molar-refractivity contribution in [2.24, 2.45) is 0 Å². The summed E-state index contributed by atoms with van der Waals surface area (Å²) in [6.45, 7) is -0.347. The molecule has 0 aliphatic carbocycles.